The Bertz CT molecular complexity index is 791. The van der Waals surface area contributed by atoms with Crippen molar-refractivity contribution in [3.63, 3.8) is 0 Å². The SMILES string of the molecule is N[C@@H](Cc1ccc(O)c(O)c1)C(=O)N[C@@H](Cc1ccc(O)cc1)C(=O)O. The molecule has 0 aliphatic carbocycles. The summed E-state index contributed by atoms with van der Waals surface area (Å²) in [5, 5.41) is 39.7. The zero-order valence-corrected chi connectivity index (χ0v) is 13.8. The summed E-state index contributed by atoms with van der Waals surface area (Å²) < 4.78 is 0. The van der Waals surface area contributed by atoms with E-state index in [1.165, 1.54) is 30.3 Å². The van der Waals surface area contributed by atoms with Crippen LogP contribution in [0.1, 0.15) is 11.1 Å². The lowest BCUT2D eigenvalue weighted by molar-refractivity contribution is -0.141. The van der Waals surface area contributed by atoms with E-state index in [1.54, 1.807) is 12.1 Å². The molecular formula is C18H20N2O6. The van der Waals surface area contributed by atoms with Crippen LogP contribution in [0.25, 0.3) is 0 Å². The van der Waals surface area contributed by atoms with Crippen LogP contribution in [-0.2, 0) is 22.4 Å². The van der Waals surface area contributed by atoms with Gasteiger partial charge in [-0.15, -0.1) is 0 Å². The predicted molar refractivity (Wildman–Crippen MR) is 92.8 cm³/mol. The van der Waals surface area contributed by atoms with Crippen molar-refractivity contribution < 1.29 is 30.0 Å². The molecule has 0 heterocycles. The Kier molecular flexibility index (Phi) is 6.03. The molecule has 0 saturated carbocycles. The van der Waals surface area contributed by atoms with Gasteiger partial charge in [0.2, 0.25) is 5.91 Å². The van der Waals surface area contributed by atoms with Crippen LogP contribution in [0.4, 0.5) is 0 Å². The molecule has 8 heteroatoms. The molecule has 7 N–H and O–H groups in total. The Morgan fingerprint density at radius 3 is 2.12 bits per heavy atom. The van der Waals surface area contributed by atoms with Gasteiger partial charge in [0.25, 0.3) is 0 Å². The molecule has 0 aliphatic heterocycles. The monoisotopic (exact) mass is 360 g/mol. The van der Waals surface area contributed by atoms with Gasteiger partial charge in [0, 0.05) is 6.42 Å². The highest BCUT2D eigenvalue weighted by Crippen LogP contribution is 2.25. The fraction of sp³-hybridized carbons (Fsp3) is 0.222. The average molecular weight is 360 g/mol. The van der Waals surface area contributed by atoms with Crippen LogP contribution < -0.4 is 11.1 Å². The predicted octanol–water partition coefficient (Wildman–Crippen LogP) is 0.485. The second-order valence-electron chi connectivity index (χ2n) is 5.90. The summed E-state index contributed by atoms with van der Waals surface area (Å²) >= 11 is 0. The largest absolute Gasteiger partial charge is 0.508 e. The molecule has 138 valence electrons. The van der Waals surface area contributed by atoms with Crippen molar-refractivity contribution >= 4 is 11.9 Å². The van der Waals surface area contributed by atoms with Crippen molar-refractivity contribution in [3.05, 3.63) is 53.6 Å². The van der Waals surface area contributed by atoms with Crippen LogP contribution in [0.2, 0.25) is 0 Å². The number of carboxylic acid groups (broad SMARTS) is 1. The molecule has 0 aliphatic rings. The lowest BCUT2D eigenvalue weighted by Crippen LogP contribution is -2.50. The highest BCUT2D eigenvalue weighted by molar-refractivity contribution is 5.87. The van der Waals surface area contributed by atoms with E-state index in [0.29, 0.717) is 11.1 Å². The first kappa shape index (κ1) is 19.1. The maximum Gasteiger partial charge on any atom is 0.326 e. The first-order chi connectivity index (χ1) is 12.3. The maximum absolute atomic E-state index is 12.2. The lowest BCUT2D eigenvalue weighted by atomic mass is 10.0. The van der Waals surface area contributed by atoms with Crippen LogP contribution in [0, 0.1) is 0 Å². The molecular weight excluding hydrogens is 340 g/mol. The van der Waals surface area contributed by atoms with Gasteiger partial charge < -0.3 is 31.5 Å². The minimum atomic E-state index is -1.21. The molecule has 2 atom stereocenters. The van der Waals surface area contributed by atoms with Gasteiger partial charge in [-0.1, -0.05) is 18.2 Å². The number of phenolic OH excluding ortho intramolecular Hbond substituents is 3. The molecule has 8 nitrogen and oxygen atoms in total. The smallest absolute Gasteiger partial charge is 0.326 e. The van der Waals surface area contributed by atoms with Gasteiger partial charge in [-0.05, 0) is 41.8 Å². The van der Waals surface area contributed by atoms with E-state index in [4.69, 9.17) is 5.73 Å². The Hall–Kier alpha value is -3.26. The van der Waals surface area contributed by atoms with Crippen LogP contribution in [-0.4, -0.2) is 44.4 Å². The number of nitrogens with one attached hydrogen (secondary N) is 1. The van der Waals surface area contributed by atoms with E-state index in [0.717, 1.165) is 0 Å². The molecule has 0 fully saturated rings. The number of nitrogens with two attached hydrogens (primary N) is 1. The summed E-state index contributed by atoms with van der Waals surface area (Å²) in [7, 11) is 0. The van der Waals surface area contributed by atoms with Crippen molar-refractivity contribution in [2.75, 3.05) is 0 Å². The van der Waals surface area contributed by atoms with Gasteiger partial charge >= 0.3 is 5.97 Å². The number of aromatic hydroxyl groups is 3. The van der Waals surface area contributed by atoms with E-state index >= 15 is 0 Å². The molecule has 26 heavy (non-hydrogen) atoms. The van der Waals surface area contributed by atoms with Crippen LogP contribution >= 0.6 is 0 Å². The number of phenols is 3. The van der Waals surface area contributed by atoms with Gasteiger partial charge in [0.15, 0.2) is 11.5 Å². The average Bonchev–Trinajstić information content (AvgIpc) is 2.59. The summed E-state index contributed by atoms with van der Waals surface area (Å²) in [5.41, 5.74) is 6.97. The third-order valence-corrected chi connectivity index (χ3v) is 3.82. The fourth-order valence-corrected chi connectivity index (χ4v) is 2.39. The second-order valence-corrected chi connectivity index (χ2v) is 5.90. The third kappa shape index (κ3) is 5.12. The molecule has 0 bridgehead atoms. The highest BCUT2D eigenvalue weighted by atomic mass is 16.4. The normalized spacial score (nSPS) is 13.0. The third-order valence-electron chi connectivity index (χ3n) is 3.82. The van der Waals surface area contributed by atoms with Gasteiger partial charge in [-0.3, -0.25) is 4.79 Å². The molecule has 2 aromatic carbocycles. The van der Waals surface area contributed by atoms with Gasteiger partial charge in [-0.25, -0.2) is 4.79 Å². The van der Waals surface area contributed by atoms with E-state index in [-0.39, 0.29) is 30.1 Å². The fourth-order valence-electron chi connectivity index (χ4n) is 2.39. The molecule has 0 spiro atoms. The number of rotatable bonds is 7. The Labute approximate surface area is 149 Å². The number of aliphatic carboxylic acids is 1. The second kappa shape index (κ2) is 8.21. The molecule has 1 amide bonds. The van der Waals surface area contributed by atoms with Crippen molar-refractivity contribution in [2.45, 2.75) is 24.9 Å². The summed E-state index contributed by atoms with van der Waals surface area (Å²) in [5.74, 6) is -2.41. The molecule has 0 unspecified atom stereocenters. The van der Waals surface area contributed by atoms with Crippen molar-refractivity contribution in [1.29, 1.82) is 0 Å². The van der Waals surface area contributed by atoms with Crippen LogP contribution in [0.5, 0.6) is 17.2 Å². The summed E-state index contributed by atoms with van der Waals surface area (Å²) in [6.45, 7) is 0. The van der Waals surface area contributed by atoms with Crippen molar-refractivity contribution in [3.8, 4) is 17.2 Å². The highest BCUT2D eigenvalue weighted by Gasteiger charge is 2.24. The quantitative estimate of drug-likeness (QED) is 0.393. The van der Waals surface area contributed by atoms with Crippen LogP contribution in [0.3, 0.4) is 0 Å². The summed E-state index contributed by atoms with van der Waals surface area (Å²) in [6.07, 6.45) is 0.0965. The van der Waals surface area contributed by atoms with E-state index < -0.39 is 24.0 Å². The molecule has 2 rings (SSSR count). The summed E-state index contributed by atoms with van der Waals surface area (Å²) in [4.78, 5) is 23.6. The zero-order valence-electron chi connectivity index (χ0n) is 13.8. The van der Waals surface area contributed by atoms with Crippen LogP contribution in [0.15, 0.2) is 42.5 Å². The zero-order chi connectivity index (χ0) is 19.3. The topological polar surface area (TPSA) is 153 Å². The number of carboxylic acids is 1. The van der Waals surface area contributed by atoms with Crippen molar-refractivity contribution in [1.82, 2.24) is 5.32 Å². The maximum atomic E-state index is 12.2. The number of hydrogen-bond acceptors (Lipinski definition) is 6. The van der Waals surface area contributed by atoms with Gasteiger partial charge in [0.1, 0.15) is 11.8 Å². The van der Waals surface area contributed by atoms with E-state index in [2.05, 4.69) is 5.32 Å². The van der Waals surface area contributed by atoms with E-state index in [9.17, 15) is 30.0 Å². The van der Waals surface area contributed by atoms with Gasteiger partial charge in [-0.2, -0.15) is 0 Å². The molecule has 0 aromatic heterocycles. The Morgan fingerprint density at radius 2 is 1.54 bits per heavy atom. The number of hydrogen-bond donors (Lipinski definition) is 6. The van der Waals surface area contributed by atoms with Crippen molar-refractivity contribution in [2.24, 2.45) is 5.73 Å². The first-order valence-electron chi connectivity index (χ1n) is 7.84. The Balaban J connectivity index is 2.00. The molecule has 0 saturated heterocycles. The minimum absolute atomic E-state index is 0.0358. The molecule has 2 aromatic rings. The molecule has 0 radical (unpaired) electrons. The van der Waals surface area contributed by atoms with Gasteiger partial charge in [0.05, 0.1) is 6.04 Å². The Morgan fingerprint density at radius 1 is 0.923 bits per heavy atom. The van der Waals surface area contributed by atoms with E-state index in [1.807, 2.05) is 0 Å². The summed E-state index contributed by atoms with van der Waals surface area (Å²) in [6, 6.07) is 7.86. The lowest BCUT2D eigenvalue weighted by Gasteiger charge is -2.18. The number of carbonyl (C=O) groups excluding carboxylic acids is 1. The number of carbonyl (C=O) groups is 2. The standard InChI is InChI=1S/C18H20N2O6/c19-13(7-11-3-6-15(22)16(23)9-11)17(24)20-14(18(25)26)8-10-1-4-12(21)5-2-10/h1-6,9,13-14,21-23H,7-8,19H2,(H,20,24)(H,25,26)/t13-,14-/m0/s1. The minimum Gasteiger partial charge on any atom is -0.508 e. The number of amides is 1. The first-order valence-corrected chi connectivity index (χ1v) is 7.84. The number of benzene rings is 2.